The standard InChI is InChI=1S/C17H16BrClO2/c1-11(12-5-3-2-4-6-12)17(19)13-9-15-16(10-14(13)18)21-8-7-20-15/h2-6,9-11,17H,7-8H2,1H3. The largest absolute Gasteiger partial charge is 0.486 e. The molecule has 2 nitrogen and oxygen atoms in total. The molecule has 0 aromatic heterocycles. The molecule has 2 atom stereocenters. The third-order valence-electron chi connectivity index (χ3n) is 3.72. The van der Waals surface area contributed by atoms with E-state index >= 15 is 0 Å². The number of ether oxygens (including phenoxy) is 2. The van der Waals surface area contributed by atoms with Crippen LogP contribution in [0.4, 0.5) is 0 Å². The SMILES string of the molecule is CC(c1ccccc1)C(Cl)c1cc2c(cc1Br)OCCO2. The van der Waals surface area contributed by atoms with Crippen LogP contribution in [0.3, 0.4) is 0 Å². The lowest BCUT2D eigenvalue weighted by molar-refractivity contribution is 0.171. The molecule has 0 fully saturated rings. The average Bonchev–Trinajstić information content (AvgIpc) is 2.53. The Balaban J connectivity index is 1.92. The van der Waals surface area contributed by atoms with Gasteiger partial charge in [-0.3, -0.25) is 0 Å². The van der Waals surface area contributed by atoms with Gasteiger partial charge in [-0.1, -0.05) is 53.2 Å². The van der Waals surface area contributed by atoms with E-state index in [1.54, 1.807) is 0 Å². The molecule has 1 heterocycles. The lowest BCUT2D eigenvalue weighted by atomic mass is 9.93. The van der Waals surface area contributed by atoms with Crippen molar-refractivity contribution in [2.75, 3.05) is 13.2 Å². The molecule has 1 aliphatic rings. The molecular formula is C17H16BrClO2. The number of alkyl halides is 1. The highest BCUT2D eigenvalue weighted by atomic mass is 79.9. The Hall–Kier alpha value is -1.19. The van der Waals surface area contributed by atoms with Crippen molar-refractivity contribution in [3.05, 3.63) is 58.1 Å². The first kappa shape index (κ1) is 14.7. The van der Waals surface area contributed by atoms with Gasteiger partial charge in [-0.05, 0) is 23.3 Å². The molecule has 0 amide bonds. The first-order valence-electron chi connectivity index (χ1n) is 6.95. The molecule has 110 valence electrons. The molecule has 4 heteroatoms. The van der Waals surface area contributed by atoms with Gasteiger partial charge in [-0.15, -0.1) is 11.6 Å². The molecule has 0 aliphatic carbocycles. The molecule has 0 bridgehead atoms. The summed E-state index contributed by atoms with van der Waals surface area (Å²) in [5.41, 5.74) is 2.25. The van der Waals surface area contributed by atoms with Crippen LogP contribution < -0.4 is 9.47 Å². The molecule has 2 aromatic carbocycles. The molecule has 0 spiro atoms. The number of halogens is 2. The van der Waals surface area contributed by atoms with Gasteiger partial charge in [0.1, 0.15) is 13.2 Å². The van der Waals surface area contributed by atoms with E-state index in [4.69, 9.17) is 21.1 Å². The maximum atomic E-state index is 6.71. The summed E-state index contributed by atoms with van der Waals surface area (Å²) in [6.07, 6.45) is 0. The highest BCUT2D eigenvalue weighted by Crippen LogP contribution is 2.44. The first-order valence-corrected chi connectivity index (χ1v) is 8.18. The number of rotatable bonds is 3. The molecule has 3 rings (SSSR count). The molecule has 0 radical (unpaired) electrons. The molecular weight excluding hydrogens is 352 g/mol. The zero-order valence-corrected chi connectivity index (χ0v) is 14.0. The second kappa shape index (κ2) is 6.29. The van der Waals surface area contributed by atoms with Crippen LogP contribution in [-0.4, -0.2) is 13.2 Å². The normalized spacial score (nSPS) is 16.3. The van der Waals surface area contributed by atoms with Crippen LogP contribution in [0.15, 0.2) is 46.9 Å². The van der Waals surface area contributed by atoms with Crippen LogP contribution in [0.2, 0.25) is 0 Å². The van der Waals surface area contributed by atoms with Crippen molar-refractivity contribution >= 4 is 27.5 Å². The maximum Gasteiger partial charge on any atom is 0.162 e. The van der Waals surface area contributed by atoms with Gasteiger partial charge in [-0.25, -0.2) is 0 Å². The minimum atomic E-state index is -0.141. The molecule has 2 unspecified atom stereocenters. The summed E-state index contributed by atoms with van der Waals surface area (Å²) < 4.78 is 12.2. The van der Waals surface area contributed by atoms with Crippen LogP contribution in [0, 0.1) is 0 Å². The summed E-state index contributed by atoms with van der Waals surface area (Å²) >= 11 is 10.3. The summed E-state index contributed by atoms with van der Waals surface area (Å²) in [5, 5.41) is -0.141. The molecule has 1 aliphatic heterocycles. The Morgan fingerprint density at radius 2 is 1.67 bits per heavy atom. The maximum absolute atomic E-state index is 6.71. The van der Waals surface area contributed by atoms with E-state index in [-0.39, 0.29) is 11.3 Å². The fourth-order valence-corrected chi connectivity index (χ4v) is 3.51. The Kier molecular flexibility index (Phi) is 4.41. The van der Waals surface area contributed by atoms with E-state index in [9.17, 15) is 0 Å². The second-order valence-corrected chi connectivity index (χ2v) is 6.44. The Morgan fingerprint density at radius 1 is 1.05 bits per heavy atom. The predicted octanol–water partition coefficient (Wildman–Crippen LogP) is 5.30. The van der Waals surface area contributed by atoms with Gasteiger partial charge in [0.15, 0.2) is 11.5 Å². The van der Waals surface area contributed by atoms with Crippen molar-refractivity contribution in [3.63, 3.8) is 0 Å². The topological polar surface area (TPSA) is 18.5 Å². The molecule has 21 heavy (non-hydrogen) atoms. The summed E-state index contributed by atoms with van der Waals surface area (Å²) in [7, 11) is 0. The average molecular weight is 368 g/mol. The van der Waals surface area contributed by atoms with E-state index < -0.39 is 0 Å². The minimum Gasteiger partial charge on any atom is -0.486 e. The molecule has 2 aromatic rings. The summed E-state index contributed by atoms with van der Waals surface area (Å²) in [6, 6.07) is 14.2. The van der Waals surface area contributed by atoms with Crippen molar-refractivity contribution in [3.8, 4) is 11.5 Å². The number of hydrogen-bond donors (Lipinski definition) is 0. The van der Waals surface area contributed by atoms with Crippen molar-refractivity contribution in [2.24, 2.45) is 0 Å². The number of fused-ring (bicyclic) bond motifs is 1. The van der Waals surface area contributed by atoms with Gasteiger partial charge in [0.05, 0.1) is 5.38 Å². The zero-order chi connectivity index (χ0) is 14.8. The van der Waals surface area contributed by atoms with Gasteiger partial charge in [0.2, 0.25) is 0 Å². The summed E-state index contributed by atoms with van der Waals surface area (Å²) in [5.74, 6) is 1.74. The molecule has 0 N–H and O–H groups in total. The fourth-order valence-electron chi connectivity index (χ4n) is 2.49. The highest BCUT2D eigenvalue weighted by Gasteiger charge is 2.24. The third-order valence-corrected chi connectivity index (χ3v) is 5.02. The predicted molar refractivity (Wildman–Crippen MR) is 88.6 cm³/mol. The van der Waals surface area contributed by atoms with E-state index in [1.165, 1.54) is 5.56 Å². The Morgan fingerprint density at radius 3 is 2.33 bits per heavy atom. The summed E-state index contributed by atoms with van der Waals surface area (Å²) in [4.78, 5) is 0. The quantitative estimate of drug-likeness (QED) is 0.685. The lowest BCUT2D eigenvalue weighted by Crippen LogP contribution is -2.16. The van der Waals surface area contributed by atoms with Crippen LogP contribution in [-0.2, 0) is 0 Å². The second-order valence-electron chi connectivity index (χ2n) is 5.12. The van der Waals surface area contributed by atoms with Crippen molar-refractivity contribution in [1.29, 1.82) is 0 Å². The monoisotopic (exact) mass is 366 g/mol. The number of hydrogen-bond acceptors (Lipinski definition) is 2. The summed E-state index contributed by atoms with van der Waals surface area (Å²) in [6.45, 7) is 3.30. The number of benzene rings is 2. The van der Waals surface area contributed by atoms with Gasteiger partial charge in [-0.2, -0.15) is 0 Å². The van der Waals surface area contributed by atoms with E-state index in [0.29, 0.717) is 13.2 Å². The first-order chi connectivity index (χ1) is 10.2. The lowest BCUT2D eigenvalue weighted by Gasteiger charge is -2.24. The zero-order valence-electron chi connectivity index (χ0n) is 11.7. The molecule has 0 saturated heterocycles. The Labute approximate surface area is 138 Å². The molecule has 0 saturated carbocycles. The van der Waals surface area contributed by atoms with Crippen molar-refractivity contribution < 1.29 is 9.47 Å². The van der Waals surface area contributed by atoms with E-state index in [0.717, 1.165) is 21.5 Å². The van der Waals surface area contributed by atoms with Crippen molar-refractivity contribution in [1.82, 2.24) is 0 Å². The smallest absolute Gasteiger partial charge is 0.162 e. The fraction of sp³-hybridized carbons (Fsp3) is 0.294. The third kappa shape index (κ3) is 3.04. The van der Waals surface area contributed by atoms with E-state index in [2.05, 4.69) is 35.0 Å². The van der Waals surface area contributed by atoms with E-state index in [1.807, 2.05) is 30.3 Å². The van der Waals surface area contributed by atoms with Gasteiger partial charge >= 0.3 is 0 Å². The minimum absolute atomic E-state index is 0.141. The van der Waals surface area contributed by atoms with Crippen LogP contribution in [0.5, 0.6) is 11.5 Å². The van der Waals surface area contributed by atoms with Crippen LogP contribution in [0.25, 0.3) is 0 Å². The van der Waals surface area contributed by atoms with Gasteiger partial charge in [0, 0.05) is 10.4 Å². The van der Waals surface area contributed by atoms with Gasteiger partial charge < -0.3 is 9.47 Å². The van der Waals surface area contributed by atoms with Crippen LogP contribution in [0.1, 0.15) is 29.3 Å². The van der Waals surface area contributed by atoms with Crippen molar-refractivity contribution in [2.45, 2.75) is 18.2 Å². The van der Waals surface area contributed by atoms with Gasteiger partial charge in [0.25, 0.3) is 0 Å². The Bertz CT molecular complexity index is 630. The van der Waals surface area contributed by atoms with Crippen LogP contribution >= 0.6 is 27.5 Å². The highest BCUT2D eigenvalue weighted by molar-refractivity contribution is 9.10.